The summed E-state index contributed by atoms with van der Waals surface area (Å²) in [6.07, 6.45) is -10.6. The quantitative estimate of drug-likeness (QED) is 0.208. The topological polar surface area (TPSA) is 209 Å². The van der Waals surface area contributed by atoms with Gasteiger partial charge in [-0.05, 0) is 43.7 Å². The Labute approximate surface area is 234 Å². The molecule has 2 aliphatic rings. The van der Waals surface area contributed by atoms with Gasteiger partial charge in [0.15, 0.2) is 11.7 Å². The first-order chi connectivity index (χ1) is 19.4. The maximum absolute atomic E-state index is 12.9. The molecular weight excluding hydrogens is 544 g/mol. The van der Waals surface area contributed by atoms with E-state index in [2.05, 4.69) is 4.74 Å². The van der Waals surface area contributed by atoms with E-state index in [4.69, 9.17) is 39.1 Å². The average molecular weight is 579 g/mol. The Hall–Kier alpha value is -3.11. The summed E-state index contributed by atoms with van der Waals surface area (Å²) in [5.41, 5.74) is 1.21. The summed E-state index contributed by atoms with van der Waals surface area (Å²) >= 11 is 0. The fraction of sp³-hybridized carbons (Fsp3) is 0.464. The van der Waals surface area contributed by atoms with Gasteiger partial charge in [-0.15, -0.1) is 0 Å². The smallest absolute Gasteiger partial charge is 0.229 e. The third kappa shape index (κ3) is 6.54. The van der Waals surface area contributed by atoms with Crippen molar-refractivity contribution in [2.24, 2.45) is 0 Å². The fourth-order valence-corrected chi connectivity index (χ4v) is 4.43. The highest BCUT2D eigenvalue weighted by molar-refractivity contribution is 5.82. The van der Waals surface area contributed by atoms with Crippen LogP contribution in [0.3, 0.4) is 0 Å². The highest BCUT2D eigenvalue weighted by atomic mass is 16.7. The van der Waals surface area contributed by atoms with Crippen LogP contribution in [0.1, 0.15) is 13.8 Å². The van der Waals surface area contributed by atoms with Crippen LogP contribution in [0.15, 0.2) is 57.9 Å². The molecule has 2 aromatic carbocycles. The van der Waals surface area contributed by atoms with Crippen LogP contribution in [0.25, 0.3) is 22.1 Å². The summed E-state index contributed by atoms with van der Waals surface area (Å²) in [5, 5.41) is 66.1. The van der Waals surface area contributed by atoms with Gasteiger partial charge in [0.05, 0.1) is 30.3 Å². The minimum atomic E-state index is -1.43. The third-order valence-electron chi connectivity index (χ3n) is 7.03. The normalized spacial score (nSPS) is 33.5. The lowest BCUT2D eigenvalue weighted by molar-refractivity contribution is -0.277. The van der Waals surface area contributed by atoms with E-state index in [1.165, 1.54) is 19.3 Å². The third-order valence-corrected chi connectivity index (χ3v) is 7.03. The maximum Gasteiger partial charge on any atom is 0.229 e. The van der Waals surface area contributed by atoms with Gasteiger partial charge in [0.1, 0.15) is 60.0 Å². The standard InChI is InChI=1S/C22H22O8.C6H12O5/c1-11-18(23)20(25)21(26)22(29-11)30-14-7-8-15-17(9-14)28-10-16(19(15)24)12-3-5-13(27-2)6-4-12;1-2-3(7)4(8)5(9)6(10)11-2/h3-11,18,20-23,25-26H,1-2H3;2-10H,1H3/t11?,18-,20-,21?,22-;2?,3-,4-,5?,6+/m00/s1. The van der Waals surface area contributed by atoms with E-state index >= 15 is 0 Å². The molecule has 3 aromatic rings. The minimum absolute atomic E-state index is 0.200. The van der Waals surface area contributed by atoms with Crippen LogP contribution in [-0.2, 0) is 9.47 Å². The fourth-order valence-electron chi connectivity index (χ4n) is 4.43. The minimum Gasteiger partial charge on any atom is -0.497 e. The number of hydrogen-bond acceptors (Lipinski definition) is 13. The zero-order valence-electron chi connectivity index (χ0n) is 22.5. The molecule has 0 spiro atoms. The van der Waals surface area contributed by atoms with E-state index in [1.807, 2.05) is 0 Å². The van der Waals surface area contributed by atoms with Crippen LogP contribution in [0.4, 0.5) is 0 Å². The number of hydrogen-bond donors (Lipinski definition) is 7. The largest absolute Gasteiger partial charge is 0.497 e. The zero-order valence-corrected chi connectivity index (χ0v) is 22.5. The van der Waals surface area contributed by atoms with Crippen molar-refractivity contribution < 1.29 is 59.1 Å². The molecule has 13 heteroatoms. The number of rotatable bonds is 4. The van der Waals surface area contributed by atoms with Crippen LogP contribution in [0.2, 0.25) is 0 Å². The van der Waals surface area contributed by atoms with Gasteiger partial charge in [-0.2, -0.15) is 0 Å². The lowest BCUT2D eigenvalue weighted by atomic mass is 10.00. The Bertz CT molecular complexity index is 1350. The van der Waals surface area contributed by atoms with Crippen molar-refractivity contribution in [2.75, 3.05) is 7.11 Å². The van der Waals surface area contributed by atoms with Gasteiger partial charge in [-0.1, -0.05) is 12.1 Å². The molecule has 10 atom stereocenters. The van der Waals surface area contributed by atoms with E-state index in [9.17, 15) is 20.1 Å². The average Bonchev–Trinajstić information content (AvgIpc) is 2.97. The van der Waals surface area contributed by atoms with Crippen molar-refractivity contribution in [1.82, 2.24) is 0 Å². The number of aliphatic hydroxyl groups excluding tert-OH is 7. The summed E-state index contributed by atoms with van der Waals surface area (Å²) in [4.78, 5) is 12.9. The van der Waals surface area contributed by atoms with Crippen molar-refractivity contribution in [2.45, 2.75) is 75.3 Å². The van der Waals surface area contributed by atoms with Gasteiger partial charge in [0.2, 0.25) is 6.29 Å². The van der Waals surface area contributed by atoms with Crippen LogP contribution < -0.4 is 14.9 Å². The molecule has 3 heterocycles. The Kier molecular flexibility index (Phi) is 9.64. The first-order valence-electron chi connectivity index (χ1n) is 12.9. The molecule has 4 unspecified atom stereocenters. The van der Waals surface area contributed by atoms with Crippen LogP contribution in [-0.4, -0.2) is 104 Å². The first kappa shape index (κ1) is 30.8. The maximum atomic E-state index is 12.9. The number of methoxy groups -OCH3 is 1. The van der Waals surface area contributed by atoms with E-state index in [-0.39, 0.29) is 11.2 Å². The molecule has 224 valence electrons. The summed E-state index contributed by atoms with van der Waals surface area (Å²) in [7, 11) is 1.57. The summed E-state index contributed by atoms with van der Waals surface area (Å²) in [6.45, 7) is 3.07. The molecule has 2 aliphatic heterocycles. The Balaban J connectivity index is 0.000000296. The van der Waals surface area contributed by atoms with Crippen molar-refractivity contribution in [3.63, 3.8) is 0 Å². The zero-order chi connectivity index (χ0) is 30.0. The number of aliphatic hydroxyl groups is 7. The van der Waals surface area contributed by atoms with Gasteiger partial charge in [0.25, 0.3) is 0 Å². The predicted octanol–water partition coefficient (Wildman–Crippen LogP) is -0.519. The second-order valence-corrected chi connectivity index (χ2v) is 9.87. The number of fused-ring (bicyclic) bond motifs is 1. The van der Waals surface area contributed by atoms with Gasteiger partial charge < -0.3 is 59.1 Å². The first-order valence-corrected chi connectivity index (χ1v) is 12.9. The van der Waals surface area contributed by atoms with Gasteiger partial charge >= 0.3 is 0 Å². The summed E-state index contributed by atoms with van der Waals surface area (Å²) in [5.74, 6) is 0.965. The summed E-state index contributed by atoms with van der Waals surface area (Å²) < 4.78 is 26.5. The lowest BCUT2D eigenvalue weighted by Gasteiger charge is -2.38. The van der Waals surface area contributed by atoms with Gasteiger partial charge in [0, 0.05) is 6.07 Å². The molecular formula is C28H34O13. The second-order valence-electron chi connectivity index (χ2n) is 9.87. The Morgan fingerprint density at radius 2 is 1.29 bits per heavy atom. The highest BCUT2D eigenvalue weighted by Gasteiger charge is 2.43. The molecule has 7 N–H and O–H groups in total. The Morgan fingerprint density at radius 3 is 1.93 bits per heavy atom. The molecule has 0 aliphatic carbocycles. The van der Waals surface area contributed by atoms with E-state index in [1.54, 1.807) is 50.4 Å². The van der Waals surface area contributed by atoms with Gasteiger partial charge in [-0.25, -0.2) is 0 Å². The van der Waals surface area contributed by atoms with Crippen molar-refractivity contribution in [1.29, 1.82) is 0 Å². The second kappa shape index (κ2) is 12.8. The SMILES string of the molecule is CC1O[C@@H](O)C(O)[C@@H](O)[C@H]1O.COc1ccc(-c2coc3cc(O[C@@H]4OC(C)[C@H](O)[C@H](O)C4O)ccc3c2=O)cc1. The number of benzene rings is 2. The molecule has 2 fully saturated rings. The summed E-state index contributed by atoms with van der Waals surface area (Å²) in [6, 6.07) is 11.7. The van der Waals surface area contributed by atoms with Crippen LogP contribution in [0, 0.1) is 0 Å². The molecule has 0 amide bonds. The molecule has 1 aromatic heterocycles. The van der Waals surface area contributed by atoms with E-state index in [0.717, 1.165) is 0 Å². The lowest BCUT2D eigenvalue weighted by Crippen LogP contribution is -2.58. The molecule has 0 saturated carbocycles. The molecule has 5 rings (SSSR count). The Morgan fingerprint density at radius 1 is 0.707 bits per heavy atom. The van der Waals surface area contributed by atoms with Crippen LogP contribution in [0.5, 0.6) is 11.5 Å². The molecule has 0 bridgehead atoms. The van der Waals surface area contributed by atoms with E-state index < -0.39 is 61.4 Å². The number of ether oxygens (including phenoxy) is 4. The van der Waals surface area contributed by atoms with Crippen molar-refractivity contribution >= 4 is 11.0 Å². The molecule has 0 radical (unpaired) electrons. The van der Waals surface area contributed by atoms with Crippen molar-refractivity contribution in [3.8, 4) is 22.6 Å². The monoisotopic (exact) mass is 578 g/mol. The predicted molar refractivity (Wildman–Crippen MR) is 142 cm³/mol. The van der Waals surface area contributed by atoms with Crippen molar-refractivity contribution in [3.05, 3.63) is 59.0 Å². The molecule has 13 nitrogen and oxygen atoms in total. The highest BCUT2D eigenvalue weighted by Crippen LogP contribution is 2.28. The molecule has 2 saturated heterocycles. The van der Waals surface area contributed by atoms with Gasteiger partial charge in [-0.3, -0.25) is 4.79 Å². The molecule has 41 heavy (non-hydrogen) atoms. The van der Waals surface area contributed by atoms with E-state index in [0.29, 0.717) is 27.8 Å². The van der Waals surface area contributed by atoms with Crippen LogP contribution >= 0.6 is 0 Å².